The van der Waals surface area contributed by atoms with Crippen LogP contribution in [0.4, 0.5) is 13.2 Å². The third-order valence-corrected chi connectivity index (χ3v) is 8.62. The van der Waals surface area contributed by atoms with Crippen molar-refractivity contribution < 1.29 is 36.9 Å². The molecule has 9 heteroatoms. The summed E-state index contributed by atoms with van der Waals surface area (Å²) in [7, 11) is 0. The SMILES string of the molecule is CC(=O)NC(C(F)Cc1ccc(OCc2ccccc2)cc1)C(F)C(F)C1OC1c1ccc(OCc2ccccc2)c(OCc2ccccc2)c1. The number of rotatable bonds is 17. The summed E-state index contributed by atoms with van der Waals surface area (Å²) >= 11 is 0. The van der Waals surface area contributed by atoms with E-state index in [1.54, 1.807) is 42.5 Å². The molecule has 5 aromatic carbocycles. The largest absolute Gasteiger partial charge is 0.489 e. The molecule has 1 N–H and O–H groups in total. The molecule has 0 radical (unpaired) electrons. The first-order valence-electron chi connectivity index (χ1n) is 16.9. The van der Waals surface area contributed by atoms with E-state index in [2.05, 4.69) is 5.32 Å². The van der Waals surface area contributed by atoms with E-state index in [0.717, 1.165) is 23.6 Å². The van der Waals surface area contributed by atoms with Crippen molar-refractivity contribution in [1.82, 2.24) is 5.32 Å². The van der Waals surface area contributed by atoms with Gasteiger partial charge in [0.2, 0.25) is 5.91 Å². The Hall–Kier alpha value is -5.28. The zero-order valence-electron chi connectivity index (χ0n) is 28.2. The average Bonchev–Trinajstić information content (AvgIpc) is 3.97. The highest BCUT2D eigenvalue weighted by molar-refractivity contribution is 5.73. The lowest BCUT2D eigenvalue weighted by Crippen LogP contribution is -2.52. The normalized spacial score (nSPS) is 17.4. The van der Waals surface area contributed by atoms with E-state index in [1.165, 1.54) is 0 Å². The third kappa shape index (κ3) is 9.92. The van der Waals surface area contributed by atoms with E-state index in [9.17, 15) is 4.79 Å². The van der Waals surface area contributed by atoms with Gasteiger partial charge >= 0.3 is 0 Å². The third-order valence-electron chi connectivity index (χ3n) is 8.62. The van der Waals surface area contributed by atoms with Gasteiger partial charge in [0.15, 0.2) is 23.8 Å². The predicted octanol–water partition coefficient (Wildman–Crippen LogP) is 8.63. The second-order valence-electron chi connectivity index (χ2n) is 12.5. The molecule has 1 aliphatic rings. The van der Waals surface area contributed by atoms with Gasteiger partial charge in [-0.25, -0.2) is 13.2 Å². The Morgan fingerprint density at radius 1 is 0.667 bits per heavy atom. The number of hydrogen-bond acceptors (Lipinski definition) is 5. The van der Waals surface area contributed by atoms with Crippen molar-refractivity contribution >= 4 is 5.91 Å². The van der Waals surface area contributed by atoms with E-state index < -0.39 is 42.7 Å². The molecule has 1 amide bonds. The Morgan fingerprint density at radius 3 is 1.75 bits per heavy atom. The van der Waals surface area contributed by atoms with E-state index >= 15 is 13.2 Å². The van der Waals surface area contributed by atoms with Crippen molar-refractivity contribution in [3.05, 3.63) is 161 Å². The molecule has 1 heterocycles. The second-order valence-corrected chi connectivity index (χ2v) is 12.5. The van der Waals surface area contributed by atoms with Crippen molar-refractivity contribution in [1.29, 1.82) is 0 Å². The highest BCUT2D eigenvalue weighted by Crippen LogP contribution is 2.46. The van der Waals surface area contributed by atoms with Crippen LogP contribution >= 0.6 is 0 Å². The zero-order chi connectivity index (χ0) is 35.6. The van der Waals surface area contributed by atoms with E-state index in [1.807, 2.05) is 91.0 Å². The summed E-state index contributed by atoms with van der Waals surface area (Å²) in [6, 6.07) is 39.1. The number of amides is 1. The number of benzene rings is 5. The van der Waals surface area contributed by atoms with Gasteiger partial charge in [0.25, 0.3) is 0 Å². The molecule has 6 atom stereocenters. The van der Waals surface area contributed by atoms with Crippen LogP contribution in [0, 0.1) is 0 Å². The first-order valence-corrected chi connectivity index (χ1v) is 16.9. The summed E-state index contributed by atoms with van der Waals surface area (Å²) in [4.78, 5) is 12.0. The smallest absolute Gasteiger partial charge is 0.217 e. The molecule has 6 unspecified atom stereocenters. The van der Waals surface area contributed by atoms with E-state index in [-0.39, 0.29) is 13.0 Å². The number of ether oxygens (including phenoxy) is 4. The molecule has 1 saturated heterocycles. The number of epoxide rings is 1. The monoisotopic (exact) mass is 695 g/mol. The molecule has 264 valence electrons. The van der Waals surface area contributed by atoms with Crippen LogP contribution in [-0.2, 0) is 35.8 Å². The van der Waals surface area contributed by atoms with Gasteiger partial charge in [-0.2, -0.15) is 0 Å². The maximum Gasteiger partial charge on any atom is 0.217 e. The molecule has 0 saturated carbocycles. The first-order chi connectivity index (χ1) is 24.8. The van der Waals surface area contributed by atoms with Crippen LogP contribution in [0.3, 0.4) is 0 Å². The molecule has 0 bridgehead atoms. The number of hydrogen-bond donors (Lipinski definition) is 1. The van der Waals surface area contributed by atoms with Gasteiger partial charge in [0.05, 0.1) is 6.04 Å². The van der Waals surface area contributed by atoms with Gasteiger partial charge in [0, 0.05) is 13.3 Å². The van der Waals surface area contributed by atoms with Crippen molar-refractivity contribution in [3.63, 3.8) is 0 Å². The Labute approximate surface area is 296 Å². The summed E-state index contributed by atoms with van der Waals surface area (Å²) in [6.45, 7) is 2.09. The summed E-state index contributed by atoms with van der Waals surface area (Å²) < 4.78 is 70.9. The molecular formula is C42H40F3NO5. The van der Waals surface area contributed by atoms with Gasteiger partial charge < -0.3 is 24.3 Å². The average molecular weight is 696 g/mol. The Bertz CT molecular complexity index is 1830. The minimum atomic E-state index is -2.37. The van der Waals surface area contributed by atoms with Gasteiger partial charge in [0.1, 0.15) is 43.9 Å². The lowest BCUT2D eigenvalue weighted by molar-refractivity contribution is -0.121. The van der Waals surface area contributed by atoms with Crippen molar-refractivity contribution in [2.75, 3.05) is 0 Å². The molecular weight excluding hydrogens is 655 g/mol. The van der Waals surface area contributed by atoms with Crippen molar-refractivity contribution in [2.24, 2.45) is 0 Å². The van der Waals surface area contributed by atoms with Crippen LogP contribution in [0.25, 0.3) is 0 Å². The van der Waals surface area contributed by atoms with Crippen LogP contribution in [0.1, 0.15) is 40.8 Å². The molecule has 1 aliphatic heterocycles. The molecule has 6 rings (SSSR count). The molecule has 51 heavy (non-hydrogen) atoms. The maximum atomic E-state index is 15.8. The zero-order valence-corrected chi connectivity index (χ0v) is 28.2. The Morgan fingerprint density at radius 2 is 1.20 bits per heavy atom. The number of carbonyl (C=O) groups excluding carboxylic acids is 1. The molecule has 5 aromatic rings. The number of alkyl halides is 3. The summed E-state index contributed by atoms with van der Waals surface area (Å²) in [5.41, 5.74) is 4.03. The molecule has 0 spiro atoms. The molecule has 6 nitrogen and oxygen atoms in total. The van der Waals surface area contributed by atoms with Crippen LogP contribution in [0.15, 0.2) is 133 Å². The second kappa shape index (κ2) is 17.1. The van der Waals surface area contributed by atoms with Crippen molar-refractivity contribution in [3.8, 4) is 17.2 Å². The van der Waals surface area contributed by atoms with Gasteiger partial charge in [-0.1, -0.05) is 109 Å². The Balaban J connectivity index is 1.10. The van der Waals surface area contributed by atoms with Crippen LogP contribution in [0.2, 0.25) is 0 Å². The fourth-order valence-corrected chi connectivity index (χ4v) is 5.84. The lowest BCUT2D eigenvalue weighted by atomic mass is 9.94. The molecule has 1 fully saturated rings. The minimum absolute atomic E-state index is 0.238. The van der Waals surface area contributed by atoms with Crippen LogP contribution in [0.5, 0.6) is 17.2 Å². The number of carbonyl (C=O) groups is 1. The van der Waals surface area contributed by atoms with Crippen LogP contribution in [-0.4, -0.2) is 36.6 Å². The highest BCUT2D eigenvalue weighted by Gasteiger charge is 2.52. The fraction of sp³-hybridized carbons (Fsp3) is 0.262. The minimum Gasteiger partial charge on any atom is -0.489 e. The van der Waals surface area contributed by atoms with Gasteiger partial charge in [-0.3, -0.25) is 4.79 Å². The van der Waals surface area contributed by atoms with E-state index in [4.69, 9.17) is 18.9 Å². The standard InChI is InChI=1S/C42H40F3NO5/c1-28(47)46-40(35(43)23-29-17-20-34(21-18-29)48-25-30-11-5-2-6-12-30)38(44)39(45)42-41(51-42)33-19-22-36(49-26-31-13-7-3-8-14-31)37(24-33)50-27-32-15-9-4-10-16-32/h2-22,24,35,38-42H,23,25-27H2,1H3,(H,46,47). The number of halogens is 3. The highest BCUT2D eigenvalue weighted by atomic mass is 19.2. The number of nitrogens with one attached hydrogen (secondary N) is 1. The first kappa shape index (κ1) is 35.5. The maximum absolute atomic E-state index is 15.8. The summed E-state index contributed by atoms with van der Waals surface area (Å²) in [5, 5.41) is 2.30. The van der Waals surface area contributed by atoms with Gasteiger partial charge in [-0.05, 0) is 52.1 Å². The summed E-state index contributed by atoms with van der Waals surface area (Å²) in [6.07, 6.45) is -8.69. The molecule has 0 aliphatic carbocycles. The van der Waals surface area contributed by atoms with Gasteiger partial charge in [-0.15, -0.1) is 0 Å². The Kier molecular flexibility index (Phi) is 11.9. The lowest BCUT2D eigenvalue weighted by Gasteiger charge is -2.27. The van der Waals surface area contributed by atoms with Crippen LogP contribution < -0.4 is 19.5 Å². The fourth-order valence-electron chi connectivity index (χ4n) is 5.84. The topological polar surface area (TPSA) is 69.3 Å². The quantitative estimate of drug-likeness (QED) is 0.0987. The van der Waals surface area contributed by atoms with Crippen molar-refractivity contribution in [2.45, 2.75) is 69.9 Å². The molecule has 0 aromatic heterocycles. The summed E-state index contributed by atoms with van der Waals surface area (Å²) in [5.74, 6) is 0.828. The van der Waals surface area contributed by atoms with E-state index in [0.29, 0.717) is 41.6 Å². The predicted molar refractivity (Wildman–Crippen MR) is 189 cm³/mol.